The molecule has 0 saturated carbocycles. The fraction of sp³-hybridized carbons (Fsp3) is 0.600. The molecule has 0 atom stereocenters. The van der Waals surface area contributed by atoms with Crippen LogP contribution in [0, 0.1) is 0 Å². The van der Waals surface area contributed by atoms with Gasteiger partial charge in [-0.1, -0.05) is 0 Å². The molecule has 72 valence electrons. The van der Waals surface area contributed by atoms with E-state index in [1.54, 1.807) is 11.3 Å². The maximum Gasteiger partial charge on any atom is 0.0895 e. The van der Waals surface area contributed by atoms with Crippen molar-refractivity contribution in [3.63, 3.8) is 0 Å². The van der Waals surface area contributed by atoms with Crippen LogP contribution >= 0.6 is 11.3 Å². The third-order valence-corrected chi connectivity index (χ3v) is 3.33. The molecular formula is C10H15NOS. The van der Waals surface area contributed by atoms with Gasteiger partial charge in [0.25, 0.3) is 0 Å². The molecule has 2 N–H and O–H groups in total. The van der Waals surface area contributed by atoms with Crippen LogP contribution in [0.3, 0.4) is 0 Å². The minimum Gasteiger partial charge on any atom is -0.387 e. The van der Waals surface area contributed by atoms with E-state index in [1.165, 1.54) is 5.56 Å². The van der Waals surface area contributed by atoms with Crippen molar-refractivity contribution in [2.75, 3.05) is 13.1 Å². The molecule has 1 saturated heterocycles. The van der Waals surface area contributed by atoms with Crippen molar-refractivity contribution in [1.82, 2.24) is 5.32 Å². The first kappa shape index (κ1) is 9.19. The summed E-state index contributed by atoms with van der Waals surface area (Å²) in [6, 6.07) is 2.16. The minimum atomic E-state index is -0.393. The third-order valence-electron chi connectivity index (χ3n) is 2.60. The van der Waals surface area contributed by atoms with E-state index < -0.39 is 5.60 Å². The average Bonchev–Trinajstić information content (AvgIpc) is 2.54. The smallest absolute Gasteiger partial charge is 0.0895 e. The third kappa shape index (κ3) is 2.30. The molecule has 3 heteroatoms. The summed E-state index contributed by atoms with van der Waals surface area (Å²) < 4.78 is 0. The normalized spacial score (nSPS) is 19.8. The fourth-order valence-corrected chi connectivity index (χ4v) is 2.35. The van der Waals surface area contributed by atoms with E-state index in [0.717, 1.165) is 32.4 Å². The van der Waals surface area contributed by atoms with Crippen LogP contribution in [-0.2, 0) is 6.42 Å². The van der Waals surface area contributed by atoms with Gasteiger partial charge in [-0.2, -0.15) is 11.3 Å². The van der Waals surface area contributed by atoms with Crippen LogP contribution in [-0.4, -0.2) is 23.8 Å². The van der Waals surface area contributed by atoms with E-state index in [9.17, 15) is 5.11 Å². The highest BCUT2D eigenvalue weighted by Crippen LogP contribution is 2.19. The molecule has 1 aromatic heterocycles. The molecule has 0 aliphatic carbocycles. The Bertz CT molecular complexity index is 254. The maximum absolute atomic E-state index is 9.78. The van der Waals surface area contributed by atoms with E-state index in [-0.39, 0.29) is 0 Å². The molecule has 1 aliphatic rings. The Hall–Kier alpha value is -0.380. The number of β-amino-alcohol motifs (C(OH)–C–C–N with tert-alkyl or cyclic N) is 1. The summed E-state index contributed by atoms with van der Waals surface area (Å²) in [6.45, 7) is 1.55. The second kappa shape index (κ2) is 3.78. The van der Waals surface area contributed by atoms with Crippen molar-refractivity contribution in [3.8, 4) is 0 Å². The molecule has 2 rings (SSSR count). The van der Waals surface area contributed by atoms with Gasteiger partial charge in [0.1, 0.15) is 0 Å². The molecule has 0 aromatic carbocycles. The molecule has 0 amide bonds. The molecule has 1 aromatic rings. The highest BCUT2D eigenvalue weighted by molar-refractivity contribution is 7.07. The zero-order chi connectivity index (χ0) is 9.15. The first-order valence-corrected chi connectivity index (χ1v) is 5.67. The second-order valence-electron chi connectivity index (χ2n) is 3.81. The van der Waals surface area contributed by atoms with Crippen molar-refractivity contribution in [1.29, 1.82) is 0 Å². The lowest BCUT2D eigenvalue weighted by Crippen LogP contribution is -2.59. The Morgan fingerprint density at radius 3 is 2.92 bits per heavy atom. The first-order valence-electron chi connectivity index (χ1n) is 4.73. The van der Waals surface area contributed by atoms with Crippen LogP contribution < -0.4 is 5.32 Å². The van der Waals surface area contributed by atoms with Gasteiger partial charge < -0.3 is 10.4 Å². The minimum absolute atomic E-state index is 0.393. The summed E-state index contributed by atoms with van der Waals surface area (Å²) in [7, 11) is 0. The maximum atomic E-state index is 9.78. The van der Waals surface area contributed by atoms with E-state index in [4.69, 9.17) is 0 Å². The lowest BCUT2D eigenvalue weighted by Gasteiger charge is -2.37. The summed E-state index contributed by atoms with van der Waals surface area (Å²) in [6.07, 6.45) is 3.12. The highest BCUT2D eigenvalue weighted by Gasteiger charge is 2.33. The van der Waals surface area contributed by atoms with Crippen LogP contribution in [0.4, 0.5) is 0 Å². The average molecular weight is 197 g/mol. The van der Waals surface area contributed by atoms with Crippen molar-refractivity contribution in [2.45, 2.75) is 24.9 Å². The lowest BCUT2D eigenvalue weighted by molar-refractivity contribution is -0.0185. The van der Waals surface area contributed by atoms with Gasteiger partial charge in [-0.05, 0) is 41.7 Å². The van der Waals surface area contributed by atoms with E-state index >= 15 is 0 Å². The number of rotatable bonds is 4. The van der Waals surface area contributed by atoms with Gasteiger partial charge in [-0.3, -0.25) is 0 Å². The largest absolute Gasteiger partial charge is 0.387 e. The van der Waals surface area contributed by atoms with E-state index in [0.29, 0.717) is 0 Å². The number of hydrogen-bond acceptors (Lipinski definition) is 3. The van der Waals surface area contributed by atoms with E-state index in [2.05, 4.69) is 22.1 Å². The van der Waals surface area contributed by atoms with Crippen LogP contribution in [0.25, 0.3) is 0 Å². The highest BCUT2D eigenvalue weighted by atomic mass is 32.1. The number of nitrogens with one attached hydrogen (secondary N) is 1. The molecule has 1 aliphatic heterocycles. The van der Waals surface area contributed by atoms with Gasteiger partial charge in [0.2, 0.25) is 0 Å². The molecule has 0 unspecified atom stereocenters. The fourth-order valence-electron chi connectivity index (χ4n) is 1.65. The SMILES string of the molecule is OC1(CCCc2ccsc2)CNC1. The monoisotopic (exact) mass is 197 g/mol. The zero-order valence-corrected chi connectivity index (χ0v) is 8.44. The predicted octanol–water partition coefficient (Wildman–Crippen LogP) is 1.41. The van der Waals surface area contributed by atoms with Crippen molar-refractivity contribution >= 4 is 11.3 Å². The summed E-state index contributed by atoms with van der Waals surface area (Å²) in [4.78, 5) is 0. The van der Waals surface area contributed by atoms with Crippen molar-refractivity contribution in [2.24, 2.45) is 0 Å². The molecule has 1 fully saturated rings. The summed E-state index contributed by atoms with van der Waals surface area (Å²) in [5.74, 6) is 0. The van der Waals surface area contributed by atoms with Crippen LogP contribution in [0.15, 0.2) is 16.8 Å². The van der Waals surface area contributed by atoms with Crippen LogP contribution in [0.2, 0.25) is 0 Å². The van der Waals surface area contributed by atoms with Crippen molar-refractivity contribution in [3.05, 3.63) is 22.4 Å². The van der Waals surface area contributed by atoms with Gasteiger partial charge in [-0.25, -0.2) is 0 Å². The van der Waals surface area contributed by atoms with Gasteiger partial charge in [-0.15, -0.1) is 0 Å². The Morgan fingerprint density at radius 1 is 1.54 bits per heavy atom. The summed E-state index contributed by atoms with van der Waals surface area (Å²) in [5.41, 5.74) is 1.01. The number of hydrogen-bond donors (Lipinski definition) is 2. The Kier molecular flexibility index (Phi) is 2.67. The Balaban J connectivity index is 1.69. The molecule has 2 nitrogen and oxygen atoms in total. The van der Waals surface area contributed by atoms with Gasteiger partial charge in [0, 0.05) is 13.1 Å². The van der Waals surface area contributed by atoms with Gasteiger partial charge in [0.15, 0.2) is 0 Å². The summed E-state index contributed by atoms with van der Waals surface area (Å²) >= 11 is 1.74. The summed E-state index contributed by atoms with van der Waals surface area (Å²) in [5, 5.41) is 17.2. The molecule has 0 spiro atoms. The number of aliphatic hydroxyl groups is 1. The predicted molar refractivity (Wildman–Crippen MR) is 55.1 cm³/mol. The standard InChI is InChI=1S/C10H15NOS/c12-10(7-11-8-10)4-1-2-9-3-5-13-6-9/h3,5-6,11-12H,1-2,4,7-8H2. The molecule has 13 heavy (non-hydrogen) atoms. The molecule has 0 bridgehead atoms. The lowest BCUT2D eigenvalue weighted by atomic mass is 9.90. The van der Waals surface area contributed by atoms with Crippen LogP contribution in [0.1, 0.15) is 18.4 Å². The quantitative estimate of drug-likeness (QED) is 0.765. The molecular weight excluding hydrogens is 182 g/mol. The number of thiophene rings is 1. The topological polar surface area (TPSA) is 32.3 Å². The second-order valence-corrected chi connectivity index (χ2v) is 4.59. The molecule has 2 heterocycles. The van der Waals surface area contributed by atoms with Crippen LogP contribution in [0.5, 0.6) is 0 Å². The molecule has 0 radical (unpaired) electrons. The number of aryl methyl sites for hydroxylation is 1. The Morgan fingerprint density at radius 2 is 2.38 bits per heavy atom. The first-order chi connectivity index (χ1) is 6.29. The van der Waals surface area contributed by atoms with Gasteiger partial charge in [0.05, 0.1) is 5.60 Å². The van der Waals surface area contributed by atoms with Crippen molar-refractivity contribution < 1.29 is 5.11 Å². The van der Waals surface area contributed by atoms with E-state index in [1.807, 2.05) is 0 Å². The Labute approximate surface area is 82.6 Å². The zero-order valence-electron chi connectivity index (χ0n) is 7.62. The van der Waals surface area contributed by atoms with Gasteiger partial charge >= 0.3 is 0 Å².